The fraction of sp³-hybridized carbons (Fsp3) is 0.143. The molecular formula is C14H14ClN3O. The van der Waals surface area contributed by atoms with Gasteiger partial charge in [0.1, 0.15) is 0 Å². The molecule has 0 saturated carbocycles. The van der Waals surface area contributed by atoms with Gasteiger partial charge in [0, 0.05) is 18.1 Å². The summed E-state index contributed by atoms with van der Waals surface area (Å²) < 4.78 is 0. The highest BCUT2D eigenvalue weighted by molar-refractivity contribution is 6.15. The van der Waals surface area contributed by atoms with Crippen LogP contribution in [0.4, 0.5) is 5.69 Å². The highest BCUT2D eigenvalue weighted by atomic mass is 35.5. The van der Waals surface area contributed by atoms with Crippen LogP contribution in [0.2, 0.25) is 0 Å². The van der Waals surface area contributed by atoms with Gasteiger partial charge in [-0.1, -0.05) is 12.1 Å². The maximum absolute atomic E-state index is 11.6. The predicted molar refractivity (Wildman–Crippen MR) is 76.8 cm³/mol. The average molecular weight is 276 g/mol. The molecule has 0 spiro atoms. The number of carbonyl (C=O) groups is 1. The summed E-state index contributed by atoms with van der Waals surface area (Å²) in [7, 11) is 0. The normalized spacial score (nSPS) is 11.9. The first-order valence-corrected chi connectivity index (χ1v) is 6.26. The molecule has 0 fully saturated rings. The van der Waals surface area contributed by atoms with Gasteiger partial charge in [0.15, 0.2) is 0 Å². The van der Waals surface area contributed by atoms with E-state index in [2.05, 4.69) is 15.1 Å². The number of nitrogens with one attached hydrogen (secondary N) is 2. The molecule has 0 aliphatic rings. The van der Waals surface area contributed by atoms with Gasteiger partial charge < -0.3 is 5.32 Å². The van der Waals surface area contributed by atoms with Crippen LogP contribution in [0.15, 0.2) is 48.8 Å². The summed E-state index contributed by atoms with van der Waals surface area (Å²) in [5.41, 5.74) is 2.90. The molecule has 0 aliphatic carbocycles. The molecule has 0 saturated heterocycles. The van der Waals surface area contributed by atoms with Gasteiger partial charge in [0.05, 0.1) is 6.04 Å². The van der Waals surface area contributed by atoms with Crippen molar-refractivity contribution < 1.29 is 4.79 Å². The number of anilines is 1. The van der Waals surface area contributed by atoms with Crippen LogP contribution in [0.3, 0.4) is 0 Å². The molecule has 1 aromatic carbocycles. The molecule has 0 bridgehead atoms. The second kappa shape index (κ2) is 6.31. The topological polar surface area (TPSA) is 54.0 Å². The fourth-order valence-electron chi connectivity index (χ4n) is 1.59. The van der Waals surface area contributed by atoms with Crippen LogP contribution in [0, 0.1) is 0 Å². The zero-order valence-corrected chi connectivity index (χ0v) is 11.2. The van der Waals surface area contributed by atoms with Crippen LogP contribution in [0.25, 0.3) is 11.1 Å². The first-order valence-electron chi connectivity index (χ1n) is 5.88. The lowest BCUT2D eigenvalue weighted by molar-refractivity contribution is -0.117. The number of carbonyl (C=O) groups excluding carboxylic acids is 1. The molecule has 2 aromatic rings. The van der Waals surface area contributed by atoms with Gasteiger partial charge in [-0.15, -0.1) is 0 Å². The lowest BCUT2D eigenvalue weighted by Crippen LogP contribution is -2.32. The summed E-state index contributed by atoms with van der Waals surface area (Å²) in [6.07, 6.45) is 3.50. The monoisotopic (exact) mass is 275 g/mol. The lowest BCUT2D eigenvalue weighted by Gasteiger charge is -2.10. The number of aromatic nitrogens is 1. The Morgan fingerprint density at radius 2 is 1.68 bits per heavy atom. The van der Waals surface area contributed by atoms with Crippen molar-refractivity contribution in [1.29, 1.82) is 0 Å². The van der Waals surface area contributed by atoms with Gasteiger partial charge in [0.25, 0.3) is 0 Å². The van der Waals surface area contributed by atoms with E-state index in [0.29, 0.717) is 0 Å². The minimum Gasteiger partial charge on any atom is -0.325 e. The Balaban J connectivity index is 2.09. The van der Waals surface area contributed by atoms with E-state index in [1.54, 1.807) is 19.3 Å². The maximum atomic E-state index is 11.6. The van der Waals surface area contributed by atoms with Crippen LogP contribution < -0.4 is 10.2 Å². The van der Waals surface area contributed by atoms with Crippen molar-refractivity contribution in [3.8, 4) is 11.1 Å². The van der Waals surface area contributed by atoms with Gasteiger partial charge in [-0.05, 0) is 54.1 Å². The molecular weight excluding hydrogens is 262 g/mol. The molecule has 1 amide bonds. The number of rotatable bonds is 4. The minimum atomic E-state index is -0.443. The summed E-state index contributed by atoms with van der Waals surface area (Å²) in [5.74, 6) is -0.174. The first kappa shape index (κ1) is 13.5. The summed E-state index contributed by atoms with van der Waals surface area (Å²) in [6, 6.07) is 11.0. The third-order valence-electron chi connectivity index (χ3n) is 2.72. The van der Waals surface area contributed by atoms with Crippen molar-refractivity contribution in [3.05, 3.63) is 48.8 Å². The summed E-state index contributed by atoms with van der Waals surface area (Å²) in [4.78, 5) is 18.0. The third-order valence-corrected chi connectivity index (χ3v) is 3.05. The third kappa shape index (κ3) is 3.53. The van der Waals surface area contributed by atoms with Crippen LogP contribution in [-0.4, -0.2) is 16.9 Å². The smallest absolute Gasteiger partial charge is 0.242 e. The fourth-order valence-corrected chi connectivity index (χ4v) is 1.69. The maximum Gasteiger partial charge on any atom is 0.242 e. The van der Waals surface area contributed by atoms with Gasteiger partial charge >= 0.3 is 0 Å². The molecule has 1 atom stereocenters. The van der Waals surface area contributed by atoms with Gasteiger partial charge in [-0.25, -0.2) is 4.84 Å². The minimum absolute atomic E-state index is 0.174. The molecule has 1 aromatic heterocycles. The lowest BCUT2D eigenvalue weighted by atomic mass is 10.1. The molecule has 0 aliphatic heterocycles. The highest BCUT2D eigenvalue weighted by Gasteiger charge is 2.10. The Hall–Kier alpha value is -1.91. The summed E-state index contributed by atoms with van der Waals surface area (Å²) in [6.45, 7) is 1.69. The highest BCUT2D eigenvalue weighted by Crippen LogP contribution is 2.20. The van der Waals surface area contributed by atoms with Gasteiger partial charge in [-0.2, -0.15) is 0 Å². The van der Waals surface area contributed by atoms with E-state index in [1.807, 2.05) is 36.4 Å². The SMILES string of the molecule is C[C@@H](NCl)C(=O)Nc1ccc(-c2ccncc2)cc1. The molecule has 5 heteroatoms. The number of halogens is 1. The molecule has 2 rings (SSSR count). The standard InChI is InChI=1S/C14H14ClN3O/c1-10(18-15)14(19)17-13-4-2-11(3-5-13)12-6-8-16-9-7-12/h2-10,18H,1H3,(H,17,19)/t10-/m1/s1. The number of amides is 1. The first-order chi connectivity index (χ1) is 9.20. The Labute approximate surface area is 116 Å². The largest absolute Gasteiger partial charge is 0.325 e. The van der Waals surface area contributed by atoms with Crippen LogP contribution in [0.1, 0.15) is 6.92 Å². The van der Waals surface area contributed by atoms with E-state index in [1.165, 1.54) is 0 Å². The number of benzene rings is 1. The summed E-state index contributed by atoms with van der Waals surface area (Å²) >= 11 is 5.40. The van der Waals surface area contributed by atoms with E-state index >= 15 is 0 Å². The van der Waals surface area contributed by atoms with Crippen LogP contribution in [0.5, 0.6) is 0 Å². The van der Waals surface area contributed by atoms with E-state index in [9.17, 15) is 4.79 Å². The molecule has 4 nitrogen and oxygen atoms in total. The van der Waals surface area contributed by atoms with Crippen molar-refractivity contribution in [2.24, 2.45) is 0 Å². The van der Waals surface area contributed by atoms with Crippen molar-refractivity contribution in [2.75, 3.05) is 5.32 Å². The molecule has 2 N–H and O–H groups in total. The second-order valence-corrected chi connectivity index (χ2v) is 4.35. The number of pyridine rings is 1. The van der Waals surface area contributed by atoms with Crippen LogP contribution in [-0.2, 0) is 4.79 Å². The van der Waals surface area contributed by atoms with E-state index in [0.717, 1.165) is 16.8 Å². The quantitative estimate of drug-likeness (QED) is 0.844. The molecule has 1 heterocycles. The molecule has 0 unspecified atom stereocenters. The Bertz CT molecular complexity index is 542. The van der Waals surface area contributed by atoms with Crippen molar-refractivity contribution >= 4 is 23.4 Å². The second-order valence-electron chi connectivity index (χ2n) is 4.13. The van der Waals surface area contributed by atoms with Crippen LogP contribution >= 0.6 is 11.8 Å². The Morgan fingerprint density at radius 3 is 2.26 bits per heavy atom. The van der Waals surface area contributed by atoms with E-state index in [-0.39, 0.29) is 5.91 Å². The van der Waals surface area contributed by atoms with E-state index < -0.39 is 6.04 Å². The predicted octanol–water partition coefficient (Wildman–Crippen LogP) is 2.82. The molecule has 0 radical (unpaired) electrons. The van der Waals surface area contributed by atoms with Crippen molar-refractivity contribution in [1.82, 2.24) is 9.82 Å². The van der Waals surface area contributed by atoms with Gasteiger partial charge in [-0.3, -0.25) is 9.78 Å². The van der Waals surface area contributed by atoms with Crippen molar-refractivity contribution in [3.63, 3.8) is 0 Å². The zero-order chi connectivity index (χ0) is 13.7. The molecule has 98 valence electrons. The van der Waals surface area contributed by atoms with Gasteiger partial charge in [0.2, 0.25) is 5.91 Å². The number of nitrogens with zero attached hydrogens (tertiary/aromatic N) is 1. The number of hydrogen-bond acceptors (Lipinski definition) is 3. The summed E-state index contributed by atoms with van der Waals surface area (Å²) in [5, 5.41) is 2.77. The van der Waals surface area contributed by atoms with Crippen molar-refractivity contribution in [2.45, 2.75) is 13.0 Å². The number of hydrogen-bond donors (Lipinski definition) is 2. The molecule has 19 heavy (non-hydrogen) atoms. The van der Waals surface area contributed by atoms with E-state index in [4.69, 9.17) is 11.8 Å². The zero-order valence-electron chi connectivity index (χ0n) is 10.4. The average Bonchev–Trinajstić information content (AvgIpc) is 2.48. The Kier molecular flexibility index (Phi) is 4.49. The Morgan fingerprint density at radius 1 is 1.11 bits per heavy atom.